The minimum atomic E-state index is -0.833. The van der Waals surface area contributed by atoms with E-state index in [-0.39, 0.29) is 0 Å². The molecule has 1 atom stereocenters. The quantitative estimate of drug-likeness (QED) is 0.585. The Bertz CT molecular complexity index is 157. The van der Waals surface area contributed by atoms with Crippen LogP contribution in [0.15, 0.2) is 0 Å². The molecule has 1 N–H and O–H groups in total. The summed E-state index contributed by atoms with van der Waals surface area (Å²) in [5.41, 5.74) is 0.349. The first-order chi connectivity index (χ1) is 4.90. The fourth-order valence-corrected chi connectivity index (χ4v) is 0.740. The van der Waals surface area contributed by atoms with Crippen LogP contribution in [0.3, 0.4) is 0 Å². The lowest BCUT2D eigenvalue weighted by Gasteiger charge is -1.91. The van der Waals surface area contributed by atoms with E-state index >= 15 is 0 Å². The largest absolute Gasteiger partial charge is 0.481 e. The zero-order chi connectivity index (χ0) is 9.07. The second-order valence-electron chi connectivity index (χ2n) is 3.45. The zero-order valence-corrected chi connectivity index (χ0v) is 7.13. The van der Waals surface area contributed by atoms with E-state index in [1.54, 1.807) is 0 Å². The van der Waals surface area contributed by atoms with Gasteiger partial charge in [0.05, 0.1) is 0 Å². The number of aldehydes is 1. The fraction of sp³-hybridized carbons (Fsp3) is 0.750. The Kier molecular flexibility index (Phi) is 3.23. The molecule has 0 heterocycles. The van der Waals surface area contributed by atoms with Crippen molar-refractivity contribution in [1.82, 2.24) is 0 Å². The summed E-state index contributed by atoms with van der Waals surface area (Å²) in [6.45, 7) is 5.32. The summed E-state index contributed by atoms with van der Waals surface area (Å²) in [6, 6.07) is 0. The third kappa shape index (κ3) is 4.53. The van der Waals surface area contributed by atoms with Gasteiger partial charge in [-0.05, 0) is 11.8 Å². The first-order valence-corrected chi connectivity index (χ1v) is 3.55. The van der Waals surface area contributed by atoms with E-state index in [0.717, 1.165) is 19.6 Å². The van der Waals surface area contributed by atoms with E-state index in [4.69, 9.17) is 9.90 Å². The molecule has 0 aromatic heterocycles. The molecular weight excluding hydrogens is 144 g/mol. The first-order valence-electron chi connectivity index (χ1n) is 3.55. The minimum Gasteiger partial charge on any atom is -0.481 e. The van der Waals surface area contributed by atoms with Gasteiger partial charge >= 0.3 is 0 Å². The van der Waals surface area contributed by atoms with Crippen LogP contribution in [0.25, 0.3) is 0 Å². The number of hydrogen-bond donors (Lipinski definition) is 1. The van der Waals surface area contributed by atoms with Crippen LogP contribution in [0, 0.1) is 11.3 Å². The fourth-order valence-electron chi connectivity index (χ4n) is 0.740. The summed E-state index contributed by atoms with van der Waals surface area (Å²) in [4.78, 5) is 19.0. The van der Waals surface area contributed by atoms with Crippen molar-refractivity contribution < 1.29 is 14.7 Å². The van der Waals surface area contributed by atoms with E-state index in [2.05, 4.69) is 13.8 Å². The average Bonchev–Trinajstić information content (AvgIpc) is 2.38. The lowest BCUT2D eigenvalue weighted by molar-refractivity contribution is -0.134. The molecule has 1 aliphatic rings. The molecule has 64 valence electrons. The molecule has 3 heteroatoms. The number of carbonyl (C=O) groups excluding carboxylic acids is 1. The second kappa shape index (κ2) is 3.51. The maximum atomic E-state index is 9.98. The van der Waals surface area contributed by atoms with Gasteiger partial charge in [0.2, 0.25) is 0 Å². The highest BCUT2D eigenvalue weighted by Gasteiger charge is 2.45. The van der Waals surface area contributed by atoms with Crippen molar-refractivity contribution >= 4 is 12.3 Å². The van der Waals surface area contributed by atoms with Crippen molar-refractivity contribution in [2.45, 2.75) is 27.2 Å². The topological polar surface area (TPSA) is 54.4 Å². The van der Waals surface area contributed by atoms with Crippen LogP contribution in [0.1, 0.15) is 27.2 Å². The lowest BCUT2D eigenvalue weighted by atomic mass is 10.1. The number of rotatable bonds is 1. The summed E-state index contributed by atoms with van der Waals surface area (Å²) in [6.07, 6.45) is 2.15. The van der Waals surface area contributed by atoms with Gasteiger partial charge in [-0.3, -0.25) is 4.79 Å². The van der Waals surface area contributed by atoms with Crippen LogP contribution in [0.2, 0.25) is 0 Å². The van der Waals surface area contributed by atoms with E-state index < -0.39 is 5.97 Å². The number of aliphatic carboxylic acids is 1. The van der Waals surface area contributed by atoms with E-state index in [0.29, 0.717) is 11.3 Å². The summed E-state index contributed by atoms with van der Waals surface area (Å²) < 4.78 is 0. The van der Waals surface area contributed by atoms with Crippen LogP contribution in [-0.4, -0.2) is 17.4 Å². The van der Waals surface area contributed by atoms with Gasteiger partial charge in [0, 0.05) is 12.8 Å². The molecule has 1 fully saturated rings. The van der Waals surface area contributed by atoms with Crippen LogP contribution < -0.4 is 0 Å². The Balaban J connectivity index is 0.000000218. The van der Waals surface area contributed by atoms with Gasteiger partial charge in [-0.15, -0.1) is 0 Å². The number of carboxylic acids is 1. The number of carbonyl (C=O) groups is 2. The molecule has 1 unspecified atom stereocenters. The molecule has 11 heavy (non-hydrogen) atoms. The van der Waals surface area contributed by atoms with E-state index in [1.165, 1.54) is 0 Å². The average molecular weight is 158 g/mol. The molecule has 0 radical (unpaired) electrons. The third-order valence-electron chi connectivity index (χ3n) is 1.75. The smallest absolute Gasteiger partial charge is 0.300 e. The molecule has 3 nitrogen and oxygen atoms in total. The maximum absolute atomic E-state index is 9.98. The molecule has 1 aliphatic carbocycles. The summed E-state index contributed by atoms with van der Waals surface area (Å²) >= 11 is 0. The van der Waals surface area contributed by atoms with Crippen LogP contribution in [-0.2, 0) is 9.59 Å². The molecule has 0 aliphatic heterocycles. The number of hydrogen-bond acceptors (Lipinski definition) is 2. The van der Waals surface area contributed by atoms with E-state index in [1.807, 2.05) is 0 Å². The number of carboxylic acid groups (broad SMARTS) is 1. The van der Waals surface area contributed by atoms with Gasteiger partial charge in [-0.2, -0.15) is 0 Å². The molecule has 0 aromatic rings. The standard InChI is InChI=1S/C6H10O.C2H4O2/c1-6(2)3-5(6)4-7;1-2(3)4/h4-5H,3H2,1-2H3;1H3,(H,3,4). The highest BCUT2D eigenvalue weighted by Crippen LogP contribution is 2.49. The summed E-state index contributed by atoms with van der Waals surface area (Å²) in [5, 5.41) is 7.42. The van der Waals surface area contributed by atoms with Gasteiger partial charge in [0.25, 0.3) is 5.97 Å². The third-order valence-corrected chi connectivity index (χ3v) is 1.75. The highest BCUT2D eigenvalue weighted by molar-refractivity contribution is 5.63. The molecule has 0 saturated heterocycles. The molecular formula is C8H14O3. The monoisotopic (exact) mass is 158 g/mol. The van der Waals surface area contributed by atoms with Crippen LogP contribution >= 0.6 is 0 Å². The minimum absolute atomic E-state index is 0.349. The molecule has 1 saturated carbocycles. The Morgan fingerprint density at radius 1 is 1.64 bits per heavy atom. The Morgan fingerprint density at radius 3 is 1.91 bits per heavy atom. The molecule has 0 amide bonds. The zero-order valence-electron chi connectivity index (χ0n) is 7.13. The second-order valence-corrected chi connectivity index (χ2v) is 3.45. The molecule has 0 aromatic carbocycles. The normalized spacial score (nSPS) is 24.5. The predicted molar refractivity (Wildman–Crippen MR) is 41.3 cm³/mol. The van der Waals surface area contributed by atoms with Crippen molar-refractivity contribution in [3.63, 3.8) is 0 Å². The molecule has 0 spiro atoms. The van der Waals surface area contributed by atoms with Crippen molar-refractivity contribution in [3.05, 3.63) is 0 Å². The van der Waals surface area contributed by atoms with Crippen LogP contribution in [0.4, 0.5) is 0 Å². The van der Waals surface area contributed by atoms with Gasteiger partial charge in [0.15, 0.2) is 0 Å². The Morgan fingerprint density at radius 2 is 1.91 bits per heavy atom. The van der Waals surface area contributed by atoms with E-state index in [9.17, 15) is 4.79 Å². The first kappa shape index (κ1) is 10.1. The SMILES string of the molecule is CC(=O)O.CC1(C)CC1C=O. The van der Waals surface area contributed by atoms with Gasteiger partial charge in [-0.1, -0.05) is 13.8 Å². The maximum Gasteiger partial charge on any atom is 0.300 e. The van der Waals surface area contributed by atoms with Crippen molar-refractivity contribution in [2.75, 3.05) is 0 Å². The van der Waals surface area contributed by atoms with Gasteiger partial charge in [0.1, 0.15) is 6.29 Å². The summed E-state index contributed by atoms with van der Waals surface area (Å²) in [7, 11) is 0. The Hall–Kier alpha value is -0.860. The van der Waals surface area contributed by atoms with Crippen molar-refractivity contribution in [2.24, 2.45) is 11.3 Å². The highest BCUT2D eigenvalue weighted by atomic mass is 16.4. The van der Waals surface area contributed by atoms with Gasteiger partial charge in [-0.25, -0.2) is 0 Å². The van der Waals surface area contributed by atoms with Crippen molar-refractivity contribution in [3.8, 4) is 0 Å². The Labute approximate surface area is 66.4 Å². The lowest BCUT2D eigenvalue weighted by Crippen LogP contribution is -1.88. The van der Waals surface area contributed by atoms with Crippen LogP contribution in [0.5, 0.6) is 0 Å². The van der Waals surface area contributed by atoms with Crippen molar-refractivity contribution in [1.29, 1.82) is 0 Å². The van der Waals surface area contributed by atoms with Gasteiger partial charge < -0.3 is 9.90 Å². The molecule has 0 bridgehead atoms. The summed E-state index contributed by atoms with van der Waals surface area (Å²) in [5.74, 6) is -0.465. The molecule has 1 rings (SSSR count). The predicted octanol–water partition coefficient (Wildman–Crippen LogP) is 1.32.